The molecule has 0 aliphatic heterocycles. The van der Waals surface area contributed by atoms with Crippen molar-refractivity contribution in [2.75, 3.05) is 20.3 Å². The zero-order chi connectivity index (χ0) is 16.5. The Bertz CT molecular complexity index is 601. The first-order chi connectivity index (χ1) is 11.2. The van der Waals surface area contributed by atoms with E-state index >= 15 is 0 Å². The Morgan fingerprint density at radius 1 is 1.09 bits per heavy atom. The number of amides is 1. The van der Waals surface area contributed by atoms with Crippen LogP contribution in [-0.2, 0) is 4.79 Å². The van der Waals surface area contributed by atoms with E-state index in [4.69, 9.17) is 9.47 Å². The van der Waals surface area contributed by atoms with Crippen LogP contribution in [-0.4, -0.2) is 31.4 Å². The predicted octanol–water partition coefficient (Wildman–Crippen LogP) is 3.37. The Morgan fingerprint density at radius 2 is 1.74 bits per heavy atom. The number of carbonyl (C=O) groups excluding carboxylic acids is 1. The Morgan fingerprint density at radius 3 is 2.39 bits per heavy atom. The minimum absolute atomic E-state index is 0.0113. The van der Waals surface area contributed by atoms with E-state index in [2.05, 4.69) is 5.32 Å². The van der Waals surface area contributed by atoms with Gasteiger partial charge in [-0.1, -0.05) is 18.2 Å². The molecule has 122 valence electrons. The highest BCUT2D eigenvalue weighted by Crippen LogP contribution is 2.22. The van der Waals surface area contributed by atoms with Gasteiger partial charge < -0.3 is 14.8 Å². The van der Waals surface area contributed by atoms with Crippen molar-refractivity contribution in [2.24, 2.45) is 0 Å². The van der Waals surface area contributed by atoms with Crippen LogP contribution in [0.5, 0.6) is 11.5 Å². The molecule has 2 aromatic carbocycles. The molecule has 5 heteroatoms. The SMILES string of the molecule is COc1ccc(OCCNC(=O)[C@@H](C)Sc2ccccc2)cc1. The van der Waals surface area contributed by atoms with Gasteiger partial charge in [-0.15, -0.1) is 11.8 Å². The molecule has 0 heterocycles. The molecule has 1 N–H and O–H groups in total. The summed E-state index contributed by atoms with van der Waals surface area (Å²) in [5.74, 6) is 1.56. The molecule has 0 unspecified atom stereocenters. The average Bonchev–Trinajstić information content (AvgIpc) is 2.60. The summed E-state index contributed by atoms with van der Waals surface area (Å²) in [6, 6.07) is 17.3. The van der Waals surface area contributed by atoms with Gasteiger partial charge in [0.1, 0.15) is 18.1 Å². The van der Waals surface area contributed by atoms with Gasteiger partial charge in [-0.3, -0.25) is 4.79 Å². The molecule has 0 aromatic heterocycles. The van der Waals surface area contributed by atoms with Crippen molar-refractivity contribution in [2.45, 2.75) is 17.1 Å². The summed E-state index contributed by atoms with van der Waals surface area (Å²) in [6.07, 6.45) is 0. The van der Waals surface area contributed by atoms with E-state index < -0.39 is 0 Å². The van der Waals surface area contributed by atoms with Gasteiger partial charge in [0, 0.05) is 4.90 Å². The highest BCUT2D eigenvalue weighted by Gasteiger charge is 2.13. The largest absolute Gasteiger partial charge is 0.497 e. The van der Waals surface area contributed by atoms with E-state index in [9.17, 15) is 4.79 Å². The van der Waals surface area contributed by atoms with E-state index in [1.165, 1.54) is 0 Å². The molecule has 0 fully saturated rings. The molecule has 0 bridgehead atoms. The van der Waals surface area contributed by atoms with Gasteiger partial charge in [0.15, 0.2) is 0 Å². The summed E-state index contributed by atoms with van der Waals surface area (Å²) >= 11 is 1.54. The number of methoxy groups -OCH3 is 1. The monoisotopic (exact) mass is 331 g/mol. The molecular formula is C18H21NO3S. The molecule has 1 amide bonds. The van der Waals surface area contributed by atoms with Crippen LogP contribution in [0, 0.1) is 0 Å². The van der Waals surface area contributed by atoms with Gasteiger partial charge in [-0.25, -0.2) is 0 Å². The molecule has 0 saturated carbocycles. The van der Waals surface area contributed by atoms with Crippen LogP contribution in [0.25, 0.3) is 0 Å². The molecule has 1 atom stereocenters. The maximum absolute atomic E-state index is 12.0. The van der Waals surface area contributed by atoms with Gasteiger partial charge in [0.25, 0.3) is 0 Å². The van der Waals surface area contributed by atoms with Crippen LogP contribution in [0.3, 0.4) is 0 Å². The summed E-state index contributed by atoms with van der Waals surface area (Å²) in [5.41, 5.74) is 0. The van der Waals surface area contributed by atoms with Crippen LogP contribution in [0.2, 0.25) is 0 Å². The van der Waals surface area contributed by atoms with Crippen molar-refractivity contribution in [1.29, 1.82) is 0 Å². The molecule has 23 heavy (non-hydrogen) atoms. The van der Waals surface area contributed by atoms with Crippen LogP contribution in [0.1, 0.15) is 6.92 Å². The average molecular weight is 331 g/mol. The Hall–Kier alpha value is -2.14. The highest BCUT2D eigenvalue weighted by molar-refractivity contribution is 8.00. The van der Waals surface area contributed by atoms with E-state index in [-0.39, 0.29) is 11.2 Å². The third-order valence-corrected chi connectivity index (χ3v) is 4.27. The molecule has 0 spiro atoms. The minimum atomic E-state index is -0.140. The van der Waals surface area contributed by atoms with Gasteiger partial charge in [0.2, 0.25) is 5.91 Å². The molecule has 0 radical (unpaired) electrons. The number of nitrogens with one attached hydrogen (secondary N) is 1. The van der Waals surface area contributed by atoms with Gasteiger partial charge >= 0.3 is 0 Å². The van der Waals surface area contributed by atoms with E-state index in [0.717, 1.165) is 16.4 Å². The first-order valence-corrected chi connectivity index (χ1v) is 8.33. The fourth-order valence-electron chi connectivity index (χ4n) is 1.92. The number of rotatable bonds is 8. The zero-order valence-electron chi connectivity index (χ0n) is 13.3. The van der Waals surface area contributed by atoms with E-state index in [1.54, 1.807) is 18.9 Å². The standard InChI is InChI=1S/C18H21NO3S/c1-14(23-17-6-4-3-5-7-17)18(20)19-12-13-22-16-10-8-15(21-2)9-11-16/h3-11,14H,12-13H2,1-2H3,(H,19,20)/t14-/m1/s1. The maximum Gasteiger partial charge on any atom is 0.233 e. The molecule has 0 aliphatic carbocycles. The van der Waals surface area contributed by atoms with Crippen molar-refractivity contribution < 1.29 is 14.3 Å². The maximum atomic E-state index is 12.0. The van der Waals surface area contributed by atoms with Gasteiger partial charge in [-0.05, 0) is 43.3 Å². The number of ether oxygens (including phenoxy) is 2. The smallest absolute Gasteiger partial charge is 0.233 e. The fourth-order valence-corrected chi connectivity index (χ4v) is 2.83. The van der Waals surface area contributed by atoms with Crippen molar-refractivity contribution in [3.8, 4) is 11.5 Å². The lowest BCUT2D eigenvalue weighted by molar-refractivity contribution is -0.120. The van der Waals surface area contributed by atoms with Crippen molar-refractivity contribution >= 4 is 17.7 Å². The molecule has 2 aromatic rings. The quantitative estimate of drug-likeness (QED) is 0.595. The molecule has 2 rings (SSSR count). The van der Waals surface area contributed by atoms with Crippen LogP contribution < -0.4 is 14.8 Å². The lowest BCUT2D eigenvalue weighted by Gasteiger charge is -2.12. The topological polar surface area (TPSA) is 47.6 Å². The minimum Gasteiger partial charge on any atom is -0.497 e. The summed E-state index contributed by atoms with van der Waals surface area (Å²) < 4.78 is 10.7. The van der Waals surface area contributed by atoms with Crippen molar-refractivity contribution in [3.05, 3.63) is 54.6 Å². The number of hydrogen-bond acceptors (Lipinski definition) is 4. The first-order valence-electron chi connectivity index (χ1n) is 7.45. The molecule has 0 saturated heterocycles. The number of benzene rings is 2. The summed E-state index contributed by atoms with van der Waals surface area (Å²) in [7, 11) is 1.63. The van der Waals surface area contributed by atoms with Crippen LogP contribution in [0.4, 0.5) is 0 Å². The normalized spacial score (nSPS) is 11.6. The Labute approximate surface area is 141 Å². The summed E-state index contributed by atoms with van der Waals surface area (Å²) in [6.45, 7) is 2.81. The van der Waals surface area contributed by atoms with Crippen LogP contribution >= 0.6 is 11.8 Å². The second-order valence-electron chi connectivity index (χ2n) is 4.89. The third kappa shape index (κ3) is 5.87. The zero-order valence-corrected chi connectivity index (χ0v) is 14.1. The summed E-state index contributed by atoms with van der Waals surface area (Å²) in [4.78, 5) is 13.1. The lowest BCUT2D eigenvalue weighted by atomic mass is 10.3. The van der Waals surface area contributed by atoms with Gasteiger partial charge in [0.05, 0.1) is 18.9 Å². The van der Waals surface area contributed by atoms with Crippen LogP contribution in [0.15, 0.2) is 59.5 Å². The summed E-state index contributed by atoms with van der Waals surface area (Å²) in [5, 5.41) is 2.75. The predicted molar refractivity (Wildman–Crippen MR) is 93.3 cm³/mol. The Balaban J connectivity index is 1.67. The molecule has 0 aliphatic rings. The third-order valence-electron chi connectivity index (χ3n) is 3.15. The highest BCUT2D eigenvalue weighted by atomic mass is 32.2. The lowest BCUT2D eigenvalue weighted by Crippen LogP contribution is -2.33. The molecular weight excluding hydrogens is 310 g/mol. The second kappa shape index (κ2) is 9.10. The fraction of sp³-hybridized carbons (Fsp3) is 0.278. The van der Waals surface area contributed by atoms with Crippen molar-refractivity contribution in [3.63, 3.8) is 0 Å². The van der Waals surface area contributed by atoms with E-state index in [1.807, 2.05) is 61.5 Å². The second-order valence-corrected chi connectivity index (χ2v) is 6.30. The number of thioether (sulfide) groups is 1. The molecule has 4 nitrogen and oxygen atoms in total. The van der Waals surface area contributed by atoms with Gasteiger partial charge in [-0.2, -0.15) is 0 Å². The van der Waals surface area contributed by atoms with Crippen molar-refractivity contribution in [1.82, 2.24) is 5.32 Å². The first kappa shape index (κ1) is 17.2. The van der Waals surface area contributed by atoms with E-state index in [0.29, 0.717) is 13.2 Å². The number of hydrogen-bond donors (Lipinski definition) is 1. The Kier molecular flexibility index (Phi) is 6.81. The number of carbonyl (C=O) groups is 1.